The summed E-state index contributed by atoms with van der Waals surface area (Å²) in [5.41, 5.74) is 0. The van der Waals surface area contributed by atoms with Crippen molar-refractivity contribution in [2.75, 3.05) is 20.1 Å². The Hall–Kier alpha value is -0.350. The number of rotatable bonds is 1. The van der Waals surface area contributed by atoms with Crippen molar-refractivity contribution in [3.63, 3.8) is 0 Å². The molecule has 1 aromatic rings. The van der Waals surface area contributed by atoms with E-state index in [1.807, 2.05) is 6.20 Å². The van der Waals surface area contributed by atoms with Crippen LogP contribution in [-0.2, 0) is 7.05 Å². The maximum absolute atomic E-state index is 4.42. The smallest absolute Gasteiger partial charge is 0.113 e. The van der Waals surface area contributed by atoms with Gasteiger partial charge in [-0.05, 0) is 35.9 Å². The van der Waals surface area contributed by atoms with E-state index >= 15 is 0 Å². The van der Waals surface area contributed by atoms with E-state index in [2.05, 4.69) is 44.5 Å². The minimum absolute atomic E-state index is 0.612. The van der Waals surface area contributed by atoms with Crippen LogP contribution in [0.3, 0.4) is 0 Å². The first-order valence-electron chi connectivity index (χ1n) is 4.54. The lowest BCUT2D eigenvalue weighted by atomic mass is 10.1. The van der Waals surface area contributed by atoms with E-state index in [9.17, 15) is 0 Å². The fraction of sp³-hybridized carbons (Fsp3) is 0.667. The third kappa shape index (κ3) is 1.65. The fourth-order valence-corrected chi connectivity index (χ4v) is 2.21. The highest BCUT2D eigenvalue weighted by molar-refractivity contribution is 9.10. The lowest BCUT2D eigenvalue weighted by Crippen LogP contribution is -2.14. The summed E-state index contributed by atoms with van der Waals surface area (Å²) in [7, 11) is 4.22. The quantitative estimate of drug-likeness (QED) is 0.748. The second kappa shape index (κ2) is 3.42. The summed E-state index contributed by atoms with van der Waals surface area (Å²) >= 11 is 3.47. The molecule has 0 amide bonds. The van der Waals surface area contributed by atoms with Crippen LogP contribution in [0.5, 0.6) is 0 Å². The van der Waals surface area contributed by atoms with E-state index in [0.29, 0.717) is 5.92 Å². The van der Waals surface area contributed by atoms with Crippen molar-refractivity contribution < 1.29 is 0 Å². The van der Waals surface area contributed by atoms with Gasteiger partial charge in [-0.3, -0.25) is 0 Å². The second-order valence-corrected chi connectivity index (χ2v) is 4.56. The van der Waals surface area contributed by atoms with Gasteiger partial charge in [0.05, 0.1) is 6.20 Å². The Labute approximate surface area is 86.9 Å². The number of hydrogen-bond donors (Lipinski definition) is 0. The standard InChI is InChI=1S/C9H14BrN3/c1-12-4-3-7(6-12)9-11-5-8(10)13(9)2/h5,7H,3-4,6H2,1-2H3. The van der Waals surface area contributed by atoms with Crippen LogP contribution >= 0.6 is 15.9 Å². The SMILES string of the molecule is CN1CCC(c2ncc(Br)n2C)C1. The summed E-state index contributed by atoms with van der Waals surface area (Å²) in [6.07, 6.45) is 3.11. The van der Waals surface area contributed by atoms with Crippen LogP contribution in [0.15, 0.2) is 10.8 Å². The van der Waals surface area contributed by atoms with Crippen molar-refractivity contribution in [1.82, 2.24) is 14.5 Å². The Kier molecular flexibility index (Phi) is 2.43. The first-order valence-corrected chi connectivity index (χ1v) is 5.33. The average molecular weight is 244 g/mol. The number of imidazole rings is 1. The highest BCUT2D eigenvalue weighted by Crippen LogP contribution is 2.26. The molecule has 13 heavy (non-hydrogen) atoms. The van der Waals surface area contributed by atoms with Crippen molar-refractivity contribution in [2.45, 2.75) is 12.3 Å². The highest BCUT2D eigenvalue weighted by atomic mass is 79.9. The van der Waals surface area contributed by atoms with Gasteiger partial charge in [-0.2, -0.15) is 0 Å². The Morgan fingerprint density at radius 1 is 1.54 bits per heavy atom. The Balaban J connectivity index is 2.21. The summed E-state index contributed by atoms with van der Waals surface area (Å²) in [5.74, 6) is 1.82. The van der Waals surface area contributed by atoms with Crippen molar-refractivity contribution in [1.29, 1.82) is 0 Å². The molecule has 0 saturated carbocycles. The molecule has 0 bridgehead atoms. The van der Waals surface area contributed by atoms with Crippen molar-refractivity contribution >= 4 is 15.9 Å². The lowest BCUT2D eigenvalue weighted by Gasteiger charge is -2.10. The molecule has 1 aliphatic heterocycles. The number of likely N-dealkylation sites (N-methyl/N-ethyl adjacent to an activating group) is 1. The third-order valence-electron chi connectivity index (χ3n) is 2.72. The lowest BCUT2D eigenvalue weighted by molar-refractivity contribution is 0.408. The van der Waals surface area contributed by atoms with Gasteiger partial charge in [-0.15, -0.1) is 0 Å². The summed E-state index contributed by atoms with van der Waals surface area (Å²) in [4.78, 5) is 6.78. The van der Waals surface area contributed by atoms with Crippen LogP contribution in [0.25, 0.3) is 0 Å². The number of hydrogen-bond acceptors (Lipinski definition) is 2. The number of aromatic nitrogens is 2. The van der Waals surface area contributed by atoms with Gasteiger partial charge >= 0.3 is 0 Å². The van der Waals surface area contributed by atoms with E-state index in [-0.39, 0.29) is 0 Å². The van der Waals surface area contributed by atoms with Gasteiger partial charge in [-0.25, -0.2) is 4.98 Å². The van der Waals surface area contributed by atoms with Gasteiger partial charge in [0.2, 0.25) is 0 Å². The molecule has 72 valence electrons. The summed E-state index contributed by atoms with van der Waals surface area (Å²) < 4.78 is 3.20. The van der Waals surface area contributed by atoms with Gasteiger partial charge < -0.3 is 9.47 Å². The van der Waals surface area contributed by atoms with Gasteiger partial charge in [0.15, 0.2) is 0 Å². The van der Waals surface area contributed by atoms with Gasteiger partial charge in [0.1, 0.15) is 10.4 Å². The Bertz CT molecular complexity index is 308. The molecular formula is C9H14BrN3. The van der Waals surface area contributed by atoms with E-state index in [4.69, 9.17) is 0 Å². The Morgan fingerprint density at radius 3 is 2.77 bits per heavy atom. The topological polar surface area (TPSA) is 21.1 Å². The van der Waals surface area contributed by atoms with E-state index in [1.165, 1.54) is 18.8 Å². The maximum Gasteiger partial charge on any atom is 0.113 e. The first-order chi connectivity index (χ1) is 6.18. The fourth-order valence-electron chi connectivity index (χ4n) is 1.93. The van der Waals surface area contributed by atoms with E-state index < -0.39 is 0 Å². The monoisotopic (exact) mass is 243 g/mol. The zero-order valence-corrected chi connectivity index (χ0v) is 9.58. The summed E-state index contributed by atoms with van der Waals surface area (Å²) in [6, 6.07) is 0. The molecule has 1 fully saturated rings. The highest BCUT2D eigenvalue weighted by Gasteiger charge is 2.24. The average Bonchev–Trinajstić information content (AvgIpc) is 2.62. The first kappa shape index (κ1) is 9.21. The molecule has 1 saturated heterocycles. The molecule has 0 N–H and O–H groups in total. The summed E-state index contributed by atoms with van der Waals surface area (Å²) in [6.45, 7) is 2.33. The molecular weight excluding hydrogens is 230 g/mol. The van der Waals surface area contributed by atoms with Crippen LogP contribution in [0.1, 0.15) is 18.2 Å². The molecule has 2 heterocycles. The molecule has 4 heteroatoms. The van der Waals surface area contributed by atoms with Crippen LogP contribution in [0.4, 0.5) is 0 Å². The van der Waals surface area contributed by atoms with Crippen molar-refractivity contribution in [3.8, 4) is 0 Å². The Morgan fingerprint density at radius 2 is 2.31 bits per heavy atom. The predicted molar refractivity (Wildman–Crippen MR) is 55.8 cm³/mol. The van der Waals surface area contributed by atoms with E-state index in [0.717, 1.165) is 11.1 Å². The minimum Gasteiger partial charge on any atom is -0.326 e. The normalized spacial score (nSPS) is 24.1. The number of likely N-dealkylation sites (tertiary alicyclic amines) is 1. The van der Waals surface area contributed by atoms with Crippen LogP contribution in [-0.4, -0.2) is 34.6 Å². The van der Waals surface area contributed by atoms with Gasteiger partial charge in [0.25, 0.3) is 0 Å². The molecule has 0 aromatic carbocycles. The summed E-state index contributed by atoms with van der Waals surface area (Å²) in [5, 5.41) is 0. The second-order valence-electron chi connectivity index (χ2n) is 3.75. The minimum atomic E-state index is 0.612. The zero-order valence-electron chi connectivity index (χ0n) is 8.00. The van der Waals surface area contributed by atoms with Crippen LogP contribution in [0.2, 0.25) is 0 Å². The zero-order chi connectivity index (χ0) is 9.42. The molecule has 1 aromatic heterocycles. The van der Waals surface area contributed by atoms with E-state index in [1.54, 1.807) is 0 Å². The van der Waals surface area contributed by atoms with Crippen LogP contribution in [0, 0.1) is 0 Å². The molecule has 1 atom stereocenters. The molecule has 0 aliphatic carbocycles. The predicted octanol–water partition coefficient (Wildman–Crippen LogP) is 1.60. The molecule has 0 radical (unpaired) electrons. The largest absolute Gasteiger partial charge is 0.326 e. The van der Waals surface area contributed by atoms with Gasteiger partial charge in [0, 0.05) is 19.5 Å². The molecule has 2 rings (SSSR count). The van der Waals surface area contributed by atoms with Gasteiger partial charge in [-0.1, -0.05) is 0 Å². The molecule has 1 aliphatic rings. The number of halogens is 1. The maximum atomic E-state index is 4.42. The number of nitrogens with zero attached hydrogens (tertiary/aromatic N) is 3. The van der Waals surface area contributed by atoms with Crippen molar-refractivity contribution in [2.24, 2.45) is 7.05 Å². The third-order valence-corrected chi connectivity index (χ3v) is 3.46. The molecule has 1 unspecified atom stereocenters. The van der Waals surface area contributed by atoms with Crippen molar-refractivity contribution in [3.05, 3.63) is 16.6 Å². The molecule has 3 nitrogen and oxygen atoms in total. The molecule has 0 spiro atoms. The van der Waals surface area contributed by atoms with Crippen LogP contribution < -0.4 is 0 Å².